The van der Waals surface area contributed by atoms with Gasteiger partial charge in [-0.3, -0.25) is 14.7 Å². The molecule has 32 heavy (non-hydrogen) atoms. The molecule has 164 valence electrons. The van der Waals surface area contributed by atoms with Crippen molar-refractivity contribution in [3.8, 4) is 5.75 Å². The number of hydrogen-bond donors (Lipinski definition) is 0. The molecule has 2 heterocycles. The number of fused-ring (bicyclic) bond motifs is 1. The minimum Gasteiger partial charge on any atom is -0.497 e. The van der Waals surface area contributed by atoms with Crippen LogP contribution in [-0.2, 0) is 11.3 Å². The predicted molar refractivity (Wildman–Crippen MR) is 133 cm³/mol. The molecule has 2 aromatic carbocycles. The molecule has 0 saturated heterocycles. The van der Waals surface area contributed by atoms with Crippen molar-refractivity contribution in [1.29, 1.82) is 0 Å². The van der Waals surface area contributed by atoms with E-state index in [0.717, 1.165) is 37.1 Å². The number of nitrogens with zero attached hydrogens (tertiary/aromatic N) is 3. The molecule has 0 radical (unpaired) electrons. The van der Waals surface area contributed by atoms with Crippen molar-refractivity contribution in [2.75, 3.05) is 17.8 Å². The Bertz CT molecular complexity index is 1170. The molecule has 4 rings (SSSR count). The highest BCUT2D eigenvalue weighted by molar-refractivity contribution is 7.99. The van der Waals surface area contributed by atoms with E-state index in [9.17, 15) is 4.79 Å². The third kappa shape index (κ3) is 5.11. The maximum Gasteiger partial charge on any atom is 0.229 e. The van der Waals surface area contributed by atoms with E-state index in [4.69, 9.17) is 9.72 Å². The number of ether oxygens (including phenoxy) is 1. The van der Waals surface area contributed by atoms with Crippen LogP contribution in [0.1, 0.15) is 23.1 Å². The number of hydrogen-bond acceptors (Lipinski definition) is 6. The van der Waals surface area contributed by atoms with Crippen molar-refractivity contribution in [2.45, 2.75) is 31.7 Å². The van der Waals surface area contributed by atoms with Gasteiger partial charge in [-0.15, -0.1) is 11.8 Å². The van der Waals surface area contributed by atoms with Crippen LogP contribution in [0.4, 0.5) is 5.13 Å². The van der Waals surface area contributed by atoms with Crippen LogP contribution >= 0.6 is 23.1 Å². The van der Waals surface area contributed by atoms with Crippen molar-refractivity contribution in [2.24, 2.45) is 0 Å². The van der Waals surface area contributed by atoms with Crippen LogP contribution in [0, 0.1) is 13.8 Å². The van der Waals surface area contributed by atoms with Gasteiger partial charge in [-0.2, -0.15) is 0 Å². The number of aromatic nitrogens is 2. The van der Waals surface area contributed by atoms with Crippen molar-refractivity contribution in [3.63, 3.8) is 0 Å². The lowest BCUT2D eigenvalue weighted by Crippen LogP contribution is -2.30. The van der Waals surface area contributed by atoms with Gasteiger partial charge in [0.1, 0.15) is 5.75 Å². The summed E-state index contributed by atoms with van der Waals surface area (Å²) in [6.45, 7) is 4.60. The number of carbonyl (C=O) groups is 1. The zero-order chi connectivity index (χ0) is 22.5. The lowest BCUT2D eigenvalue weighted by molar-refractivity contribution is -0.118. The van der Waals surface area contributed by atoms with E-state index < -0.39 is 0 Å². The first kappa shape index (κ1) is 22.3. The second-order valence-corrected chi connectivity index (χ2v) is 9.63. The van der Waals surface area contributed by atoms with Gasteiger partial charge in [0.2, 0.25) is 5.91 Å². The number of amides is 1. The zero-order valence-corrected chi connectivity index (χ0v) is 20.0. The van der Waals surface area contributed by atoms with Gasteiger partial charge in [-0.25, -0.2) is 4.98 Å². The van der Waals surface area contributed by atoms with Crippen LogP contribution in [0.5, 0.6) is 5.75 Å². The van der Waals surface area contributed by atoms with Crippen molar-refractivity contribution >= 4 is 44.4 Å². The summed E-state index contributed by atoms with van der Waals surface area (Å²) < 4.78 is 6.35. The van der Waals surface area contributed by atoms with Gasteiger partial charge in [0, 0.05) is 29.5 Å². The molecule has 0 N–H and O–H groups in total. The molecule has 5 nitrogen and oxygen atoms in total. The number of aryl methyl sites for hydroxylation is 2. The highest BCUT2D eigenvalue weighted by atomic mass is 32.2. The number of methoxy groups -OCH3 is 1. The van der Waals surface area contributed by atoms with Gasteiger partial charge in [0.25, 0.3) is 0 Å². The largest absolute Gasteiger partial charge is 0.497 e. The molecule has 2 aromatic heterocycles. The molecule has 0 bridgehead atoms. The van der Waals surface area contributed by atoms with Crippen LogP contribution in [0.15, 0.2) is 65.8 Å². The van der Waals surface area contributed by atoms with E-state index >= 15 is 0 Å². The summed E-state index contributed by atoms with van der Waals surface area (Å²) in [5.74, 6) is 1.58. The molecule has 0 fully saturated rings. The topological polar surface area (TPSA) is 55.3 Å². The SMILES string of the molecule is COc1ccc(SCCC(=O)N(Cc2cccnc2)c2nc3c(C)ccc(C)c3s2)cc1. The summed E-state index contributed by atoms with van der Waals surface area (Å²) in [5.41, 5.74) is 4.26. The molecule has 0 aliphatic heterocycles. The number of rotatable bonds is 8. The summed E-state index contributed by atoms with van der Waals surface area (Å²) in [6.07, 6.45) is 3.96. The fraction of sp³-hybridized carbons (Fsp3) is 0.240. The lowest BCUT2D eigenvalue weighted by atomic mass is 10.1. The summed E-state index contributed by atoms with van der Waals surface area (Å²) in [4.78, 5) is 25.3. The first-order chi connectivity index (χ1) is 15.5. The first-order valence-corrected chi connectivity index (χ1v) is 12.2. The van der Waals surface area contributed by atoms with Gasteiger partial charge in [-0.05, 0) is 60.9 Å². The highest BCUT2D eigenvalue weighted by Gasteiger charge is 2.21. The van der Waals surface area contributed by atoms with E-state index in [-0.39, 0.29) is 5.91 Å². The smallest absolute Gasteiger partial charge is 0.229 e. The number of anilines is 1. The number of benzene rings is 2. The van der Waals surface area contributed by atoms with Gasteiger partial charge in [-0.1, -0.05) is 29.5 Å². The number of thiazole rings is 1. The van der Waals surface area contributed by atoms with Crippen molar-refractivity contribution in [1.82, 2.24) is 9.97 Å². The molecule has 4 aromatic rings. The van der Waals surface area contributed by atoms with E-state index in [2.05, 4.69) is 31.0 Å². The summed E-state index contributed by atoms with van der Waals surface area (Å²) in [6, 6.07) is 16.0. The van der Waals surface area contributed by atoms with Crippen LogP contribution < -0.4 is 9.64 Å². The minimum atomic E-state index is 0.0595. The zero-order valence-electron chi connectivity index (χ0n) is 18.4. The normalized spacial score (nSPS) is 11.0. The number of thioether (sulfide) groups is 1. The monoisotopic (exact) mass is 463 g/mol. The third-order valence-electron chi connectivity index (χ3n) is 5.17. The van der Waals surface area contributed by atoms with Gasteiger partial charge in [0.05, 0.1) is 23.9 Å². The molecule has 0 atom stereocenters. The van der Waals surface area contributed by atoms with Gasteiger partial charge in [0.15, 0.2) is 5.13 Å². The summed E-state index contributed by atoms with van der Waals surface area (Å²) in [5, 5.41) is 0.737. The Hall–Kier alpha value is -2.90. The lowest BCUT2D eigenvalue weighted by Gasteiger charge is -2.20. The molecule has 1 amide bonds. The Morgan fingerprint density at radius 1 is 1.09 bits per heavy atom. The van der Waals surface area contributed by atoms with Crippen LogP contribution in [-0.4, -0.2) is 28.7 Å². The van der Waals surface area contributed by atoms with Crippen molar-refractivity contribution < 1.29 is 9.53 Å². The van der Waals surface area contributed by atoms with Crippen molar-refractivity contribution in [3.05, 3.63) is 77.6 Å². The van der Waals surface area contributed by atoms with Crippen LogP contribution in [0.25, 0.3) is 10.2 Å². The van der Waals surface area contributed by atoms with E-state index in [0.29, 0.717) is 18.7 Å². The maximum atomic E-state index is 13.3. The molecule has 7 heteroatoms. The van der Waals surface area contributed by atoms with Crippen LogP contribution in [0.2, 0.25) is 0 Å². The Balaban J connectivity index is 1.54. The average molecular weight is 464 g/mol. The molecule has 0 saturated carbocycles. The Kier molecular flexibility index (Phi) is 7.07. The molecule has 0 aliphatic rings. The Morgan fingerprint density at radius 3 is 2.56 bits per heavy atom. The summed E-state index contributed by atoms with van der Waals surface area (Å²) >= 11 is 3.24. The molecule has 0 aliphatic carbocycles. The fourth-order valence-electron chi connectivity index (χ4n) is 3.36. The van der Waals surface area contributed by atoms with Gasteiger partial charge < -0.3 is 4.74 Å². The van der Waals surface area contributed by atoms with Crippen LogP contribution in [0.3, 0.4) is 0 Å². The van der Waals surface area contributed by atoms with E-state index in [1.54, 1.807) is 47.5 Å². The molecule has 0 spiro atoms. The third-order valence-corrected chi connectivity index (χ3v) is 7.40. The molecule has 0 unspecified atom stereocenters. The minimum absolute atomic E-state index is 0.0595. The second kappa shape index (κ2) is 10.1. The van der Waals surface area contributed by atoms with E-state index in [1.165, 1.54) is 5.56 Å². The van der Waals surface area contributed by atoms with Gasteiger partial charge >= 0.3 is 0 Å². The highest BCUT2D eigenvalue weighted by Crippen LogP contribution is 2.34. The fourth-order valence-corrected chi connectivity index (χ4v) is 5.33. The molecular formula is C25H25N3O2S2. The summed E-state index contributed by atoms with van der Waals surface area (Å²) in [7, 11) is 1.66. The maximum absolute atomic E-state index is 13.3. The van der Waals surface area contributed by atoms with E-state index in [1.807, 2.05) is 36.4 Å². The average Bonchev–Trinajstić information content (AvgIpc) is 3.27. The molecular weight excluding hydrogens is 438 g/mol. The number of pyridine rings is 1. The Labute approximate surface area is 196 Å². The first-order valence-electron chi connectivity index (χ1n) is 10.4. The quantitative estimate of drug-likeness (QED) is 0.299. The Morgan fingerprint density at radius 2 is 1.88 bits per heavy atom. The number of carbonyl (C=O) groups excluding carboxylic acids is 1. The standard InChI is InChI=1S/C25H25N3O2S2/c1-17-6-7-18(2)24-23(17)27-25(32-24)28(16-19-5-4-13-26-15-19)22(29)12-14-31-21-10-8-20(30-3)9-11-21/h4-11,13,15H,12,14,16H2,1-3H3. The predicted octanol–water partition coefficient (Wildman–Crippen LogP) is 6.03. The second-order valence-electron chi connectivity index (χ2n) is 7.49.